The molecule has 0 atom stereocenters. The number of hydrogen-bond acceptors (Lipinski definition) is 2. The Balaban J connectivity index is 1.98. The molecule has 0 aromatic heterocycles. The number of nitrogens with two attached hydrogens (primary N) is 2. The SMILES string of the molecule is NC12CC3CC(C1)CC(N)(C3)C2. The van der Waals surface area contributed by atoms with Crippen LogP contribution in [0.5, 0.6) is 0 Å². The molecule has 2 heteroatoms. The van der Waals surface area contributed by atoms with Gasteiger partial charge in [0.15, 0.2) is 0 Å². The average molecular weight is 166 g/mol. The smallest absolute Gasteiger partial charge is 0.0177 e. The van der Waals surface area contributed by atoms with Crippen molar-refractivity contribution in [2.45, 2.75) is 49.6 Å². The van der Waals surface area contributed by atoms with Crippen molar-refractivity contribution < 1.29 is 0 Å². The van der Waals surface area contributed by atoms with Crippen LogP contribution in [0.2, 0.25) is 0 Å². The lowest BCUT2D eigenvalue weighted by Crippen LogP contribution is -2.66. The molecule has 4 rings (SSSR count). The fraction of sp³-hybridized carbons (Fsp3) is 1.00. The lowest BCUT2D eigenvalue weighted by molar-refractivity contribution is -0.0173. The first kappa shape index (κ1) is 7.34. The summed E-state index contributed by atoms with van der Waals surface area (Å²) >= 11 is 0. The molecule has 4 aliphatic carbocycles. The molecule has 68 valence electrons. The van der Waals surface area contributed by atoms with E-state index in [2.05, 4.69) is 0 Å². The largest absolute Gasteiger partial charge is 0.325 e. The quantitative estimate of drug-likeness (QED) is 0.564. The Bertz CT molecular complexity index is 190. The summed E-state index contributed by atoms with van der Waals surface area (Å²) in [5.74, 6) is 1.72. The first-order valence-corrected chi connectivity index (χ1v) is 5.15. The van der Waals surface area contributed by atoms with Crippen molar-refractivity contribution in [1.29, 1.82) is 0 Å². The maximum absolute atomic E-state index is 6.33. The molecular formula is C10H18N2. The summed E-state index contributed by atoms with van der Waals surface area (Å²) in [4.78, 5) is 0. The van der Waals surface area contributed by atoms with Crippen LogP contribution in [0.4, 0.5) is 0 Å². The molecule has 2 nitrogen and oxygen atoms in total. The van der Waals surface area contributed by atoms with Gasteiger partial charge in [0.05, 0.1) is 0 Å². The van der Waals surface area contributed by atoms with E-state index < -0.39 is 0 Å². The van der Waals surface area contributed by atoms with Crippen molar-refractivity contribution in [2.24, 2.45) is 23.3 Å². The molecule has 0 heterocycles. The Morgan fingerprint density at radius 1 is 0.833 bits per heavy atom. The van der Waals surface area contributed by atoms with Crippen molar-refractivity contribution in [2.75, 3.05) is 0 Å². The Morgan fingerprint density at radius 2 is 1.25 bits per heavy atom. The van der Waals surface area contributed by atoms with E-state index in [1.165, 1.54) is 32.1 Å². The number of rotatable bonds is 0. The molecule has 12 heavy (non-hydrogen) atoms. The molecule has 4 aliphatic rings. The van der Waals surface area contributed by atoms with Crippen LogP contribution >= 0.6 is 0 Å². The van der Waals surface area contributed by atoms with Gasteiger partial charge in [0.2, 0.25) is 0 Å². The van der Waals surface area contributed by atoms with Crippen molar-refractivity contribution in [3.05, 3.63) is 0 Å². The molecule has 4 saturated carbocycles. The van der Waals surface area contributed by atoms with Crippen LogP contribution in [0.1, 0.15) is 38.5 Å². The standard InChI is InChI=1S/C10H18N2/c11-9-2-7-1-8(4-9)5-10(12,3-7)6-9/h7-8H,1-6,11-12H2. The topological polar surface area (TPSA) is 52.0 Å². The van der Waals surface area contributed by atoms with Gasteiger partial charge in [-0.3, -0.25) is 0 Å². The second kappa shape index (κ2) is 1.88. The Kier molecular flexibility index (Phi) is 1.15. The summed E-state index contributed by atoms with van der Waals surface area (Å²) in [6.07, 6.45) is 7.51. The van der Waals surface area contributed by atoms with E-state index in [-0.39, 0.29) is 11.1 Å². The summed E-state index contributed by atoms with van der Waals surface area (Å²) in [7, 11) is 0. The van der Waals surface area contributed by atoms with E-state index in [0.717, 1.165) is 18.3 Å². The van der Waals surface area contributed by atoms with E-state index in [9.17, 15) is 0 Å². The van der Waals surface area contributed by atoms with Gasteiger partial charge in [0, 0.05) is 11.1 Å². The van der Waals surface area contributed by atoms with Gasteiger partial charge in [0.1, 0.15) is 0 Å². The highest BCUT2D eigenvalue weighted by Crippen LogP contribution is 2.55. The van der Waals surface area contributed by atoms with Crippen LogP contribution in [0.25, 0.3) is 0 Å². The molecule has 0 unspecified atom stereocenters. The summed E-state index contributed by atoms with van der Waals surface area (Å²) in [5.41, 5.74) is 12.9. The Labute approximate surface area is 73.7 Å². The monoisotopic (exact) mass is 166 g/mol. The molecule has 4 N–H and O–H groups in total. The van der Waals surface area contributed by atoms with Gasteiger partial charge in [-0.2, -0.15) is 0 Å². The Hall–Kier alpha value is -0.0800. The van der Waals surface area contributed by atoms with E-state index in [1.807, 2.05) is 0 Å². The molecule has 0 amide bonds. The fourth-order valence-corrected chi connectivity index (χ4v) is 4.41. The third-order valence-electron chi connectivity index (χ3n) is 4.15. The summed E-state index contributed by atoms with van der Waals surface area (Å²) < 4.78 is 0. The molecule has 0 aromatic rings. The highest BCUT2D eigenvalue weighted by Gasteiger charge is 2.54. The molecular weight excluding hydrogens is 148 g/mol. The van der Waals surface area contributed by atoms with E-state index in [1.54, 1.807) is 0 Å². The third kappa shape index (κ3) is 0.882. The van der Waals surface area contributed by atoms with Crippen molar-refractivity contribution >= 4 is 0 Å². The van der Waals surface area contributed by atoms with E-state index in [4.69, 9.17) is 11.5 Å². The zero-order valence-corrected chi connectivity index (χ0v) is 7.55. The summed E-state index contributed by atoms with van der Waals surface area (Å²) in [5, 5.41) is 0. The second-order valence-corrected chi connectivity index (χ2v) is 5.69. The van der Waals surface area contributed by atoms with Crippen LogP contribution in [0, 0.1) is 11.8 Å². The summed E-state index contributed by atoms with van der Waals surface area (Å²) in [6.45, 7) is 0. The molecule has 0 aliphatic heterocycles. The number of hydrogen-bond donors (Lipinski definition) is 2. The van der Waals surface area contributed by atoms with Crippen LogP contribution in [0.15, 0.2) is 0 Å². The minimum Gasteiger partial charge on any atom is -0.325 e. The van der Waals surface area contributed by atoms with Crippen molar-refractivity contribution in [3.63, 3.8) is 0 Å². The first-order valence-electron chi connectivity index (χ1n) is 5.15. The maximum atomic E-state index is 6.33. The normalized spacial score (nSPS) is 62.5. The van der Waals surface area contributed by atoms with Crippen LogP contribution in [-0.2, 0) is 0 Å². The Morgan fingerprint density at radius 3 is 1.58 bits per heavy atom. The minimum absolute atomic E-state index is 0.138. The second-order valence-electron chi connectivity index (χ2n) is 5.69. The van der Waals surface area contributed by atoms with Crippen molar-refractivity contribution in [3.8, 4) is 0 Å². The zero-order chi connectivity index (χ0) is 8.40. The molecule has 0 spiro atoms. The van der Waals surface area contributed by atoms with Crippen LogP contribution < -0.4 is 11.5 Å². The molecule has 0 radical (unpaired) electrons. The highest BCUT2D eigenvalue weighted by atomic mass is 14.9. The lowest BCUT2D eigenvalue weighted by atomic mass is 9.50. The zero-order valence-electron chi connectivity index (χ0n) is 7.55. The van der Waals surface area contributed by atoms with Crippen LogP contribution in [-0.4, -0.2) is 11.1 Å². The molecule has 0 aromatic carbocycles. The molecule has 0 saturated heterocycles. The molecule has 4 bridgehead atoms. The van der Waals surface area contributed by atoms with Gasteiger partial charge >= 0.3 is 0 Å². The highest BCUT2D eigenvalue weighted by molar-refractivity contribution is 5.13. The maximum Gasteiger partial charge on any atom is 0.0177 e. The van der Waals surface area contributed by atoms with E-state index in [0.29, 0.717) is 0 Å². The van der Waals surface area contributed by atoms with Gasteiger partial charge < -0.3 is 11.5 Å². The van der Waals surface area contributed by atoms with Gasteiger partial charge in [0.25, 0.3) is 0 Å². The van der Waals surface area contributed by atoms with Gasteiger partial charge in [-0.15, -0.1) is 0 Å². The third-order valence-corrected chi connectivity index (χ3v) is 4.15. The first-order chi connectivity index (χ1) is 5.57. The molecule has 4 fully saturated rings. The minimum atomic E-state index is 0.138. The lowest BCUT2D eigenvalue weighted by Gasteiger charge is -2.59. The predicted octanol–water partition coefficient (Wildman–Crippen LogP) is 0.995. The average Bonchev–Trinajstić information content (AvgIpc) is 1.75. The van der Waals surface area contributed by atoms with Gasteiger partial charge in [-0.1, -0.05) is 0 Å². The summed E-state index contributed by atoms with van der Waals surface area (Å²) in [6, 6.07) is 0. The predicted molar refractivity (Wildman–Crippen MR) is 48.5 cm³/mol. The van der Waals surface area contributed by atoms with Gasteiger partial charge in [-0.25, -0.2) is 0 Å². The van der Waals surface area contributed by atoms with Crippen molar-refractivity contribution in [1.82, 2.24) is 0 Å². The van der Waals surface area contributed by atoms with Crippen LogP contribution in [0.3, 0.4) is 0 Å². The van der Waals surface area contributed by atoms with Gasteiger partial charge in [-0.05, 0) is 50.4 Å². The van der Waals surface area contributed by atoms with E-state index >= 15 is 0 Å². The fourth-order valence-electron chi connectivity index (χ4n) is 4.41.